The molecule has 138 valence electrons. The van der Waals surface area contributed by atoms with Gasteiger partial charge in [-0.15, -0.1) is 11.8 Å². The van der Waals surface area contributed by atoms with Gasteiger partial charge in [-0.1, -0.05) is 17.8 Å². The molecule has 27 heavy (non-hydrogen) atoms. The molecule has 2 heterocycles. The van der Waals surface area contributed by atoms with Crippen molar-refractivity contribution in [2.45, 2.75) is 29.7 Å². The van der Waals surface area contributed by atoms with E-state index in [1.54, 1.807) is 18.0 Å². The van der Waals surface area contributed by atoms with E-state index in [1.807, 2.05) is 56.4 Å². The summed E-state index contributed by atoms with van der Waals surface area (Å²) in [6.07, 6.45) is 3.65. The Morgan fingerprint density at radius 1 is 1.04 bits per heavy atom. The van der Waals surface area contributed by atoms with E-state index in [-0.39, 0.29) is 11.7 Å². The van der Waals surface area contributed by atoms with Crippen LogP contribution in [0.2, 0.25) is 0 Å². The first-order chi connectivity index (χ1) is 13.1. The van der Waals surface area contributed by atoms with Crippen molar-refractivity contribution in [2.24, 2.45) is 0 Å². The number of anilines is 1. The molecule has 1 amide bonds. The Balaban J connectivity index is 1.48. The van der Waals surface area contributed by atoms with Crippen LogP contribution in [0, 0.1) is 13.8 Å². The molecule has 0 aliphatic heterocycles. The molecular weight excluding hydrogens is 376 g/mol. The number of carbonyl (C=O) groups excluding carboxylic acids is 1. The van der Waals surface area contributed by atoms with E-state index < -0.39 is 0 Å². The van der Waals surface area contributed by atoms with Gasteiger partial charge in [0.05, 0.1) is 5.75 Å². The van der Waals surface area contributed by atoms with Crippen LogP contribution in [0.1, 0.15) is 17.0 Å². The second kappa shape index (κ2) is 9.53. The van der Waals surface area contributed by atoms with E-state index >= 15 is 0 Å². The number of hydrogen-bond acceptors (Lipinski definition) is 6. The van der Waals surface area contributed by atoms with E-state index in [0.717, 1.165) is 27.7 Å². The third-order valence-electron chi connectivity index (χ3n) is 3.56. The van der Waals surface area contributed by atoms with Crippen molar-refractivity contribution in [1.82, 2.24) is 15.0 Å². The van der Waals surface area contributed by atoms with Crippen LogP contribution >= 0.6 is 23.5 Å². The number of hydrogen-bond donors (Lipinski definition) is 1. The third kappa shape index (κ3) is 6.37. The van der Waals surface area contributed by atoms with Crippen LogP contribution in [0.5, 0.6) is 0 Å². The maximum absolute atomic E-state index is 12.2. The van der Waals surface area contributed by atoms with Crippen LogP contribution in [-0.2, 0) is 10.5 Å². The van der Waals surface area contributed by atoms with Crippen LogP contribution in [0.25, 0.3) is 0 Å². The molecule has 2 aromatic heterocycles. The first-order valence-electron chi connectivity index (χ1n) is 8.45. The Bertz CT molecular complexity index is 881. The highest BCUT2D eigenvalue weighted by Gasteiger charge is 2.07. The van der Waals surface area contributed by atoms with Gasteiger partial charge in [-0.2, -0.15) is 0 Å². The van der Waals surface area contributed by atoms with Gasteiger partial charge in [0.25, 0.3) is 0 Å². The maximum Gasteiger partial charge on any atom is 0.234 e. The summed E-state index contributed by atoms with van der Waals surface area (Å²) in [4.78, 5) is 26.1. The van der Waals surface area contributed by atoms with Gasteiger partial charge in [0, 0.05) is 40.1 Å². The number of nitrogens with zero attached hydrogens (tertiary/aromatic N) is 3. The average molecular weight is 397 g/mol. The Morgan fingerprint density at radius 2 is 1.78 bits per heavy atom. The zero-order chi connectivity index (χ0) is 19.1. The quantitative estimate of drug-likeness (QED) is 0.468. The van der Waals surface area contributed by atoms with Crippen molar-refractivity contribution < 1.29 is 4.79 Å². The molecule has 3 aromatic rings. The van der Waals surface area contributed by atoms with Gasteiger partial charge >= 0.3 is 0 Å². The molecule has 3 rings (SSSR count). The lowest BCUT2D eigenvalue weighted by atomic mass is 10.3. The van der Waals surface area contributed by atoms with E-state index in [9.17, 15) is 4.79 Å². The molecule has 0 aliphatic rings. The first-order valence-corrected chi connectivity index (χ1v) is 10.4. The highest BCUT2D eigenvalue weighted by atomic mass is 32.2. The van der Waals surface area contributed by atoms with Gasteiger partial charge in [-0.25, -0.2) is 9.97 Å². The van der Waals surface area contributed by atoms with Crippen molar-refractivity contribution in [3.05, 3.63) is 71.8 Å². The number of aryl methyl sites for hydroxylation is 2. The summed E-state index contributed by atoms with van der Waals surface area (Å²) in [6.45, 7) is 3.85. The molecule has 0 atom stereocenters. The van der Waals surface area contributed by atoms with Crippen LogP contribution in [-0.4, -0.2) is 26.6 Å². The van der Waals surface area contributed by atoms with Crippen LogP contribution in [0.4, 0.5) is 5.69 Å². The largest absolute Gasteiger partial charge is 0.325 e. The summed E-state index contributed by atoms with van der Waals surface area (Å²) in [5.74, 6) is 1.07. The van der Waals surface area contributed by atoms with Crippen LogP contribution < -0.4 is 5.32 Å². The van der Waals surface area contributed by atoms with Gasteiger partial charge in [-0.05, 0) is 55.8 Å². The van der Waals surface area contributed by atoms with Gasteiger partial charge in [0.15, 0.2) is 5.16 Å². The summed E-state index contributed by atoms with van der Waals surface area (Å²) >= 11 is 3.08. The molecule has 0 aliphatic carbocycles. The summed E-state index contributed by atoms with van der Waals surface area (Å²) in [5, 5.41) is 3.54. The Hall–Kier alpha value is -2.38. The lowest BCUT2D eigenvalue weighted by Crippen LogP contribution is -2.14. The highest BCUT2D eigenvalue weighted by Crippen LogP contribution is 2.24. The lowest BCUT2D eigenvalue weighted by molar-refractivity contribution is -0.113. The van der Waals surface area contributed by atoms with Crippen molar-refractivity contribution in [3.8, 4) is 0 Å². The molecule has 0 saturated heterocycles. The summed E-state index contributed by atoms with van der Waals surface area (Å²) in [7, 11) is 0. The zero-order valence-electron chi connectivity index (χ0n) is 15.2. The predicted molar refractivity (Wildman–Crippen MR) is 111 cm³/mol. The number of pyridine rings is 1. The van der Waals surface area contributed by atoms with E-state index in [0.29, 0.717) is 5.16 Å². The first kappa shape index (κ1) is 19.4. The normalized spacial score (nSPS) is 10.6. The monoisotopic (exact) mass is 396 g/mol. The summed E-state index contributed by atoms with van der Waals surface area (Å²) in [5.41, 5.74) is 3.78. The fourth-order valence-corrected chi connectivity index (χ4v) is 3.95. The second-order valence-corrected chi connectivity index (χ2v) is 7.94. The summed E-state index contributed by atoms with van der Waals surface area (Å²) < 4.78 is 0. The minimum atomic E-state index is -0.0708. The van der Waals surface area contributed by atoms with E-state index in [1.165, 1.54) is 17.3 Å². The van der Waals surface area contributed by atoms with Gasteiger partial charge < -0.3 is 5.32 Å². The van der Waals surface area contributed by atoms with E-state index in [4.69, 9.17) is 0 Å². The molecule has 0 saturated carbocycles. The van der Waals surface area contributed by atoms with Gasteiger partial charge in [0.2, 0.25) is 5.91 Å². The molecule has 7 heteroatoms. The van der Waals surface area contributed by atoms with Crippen LogP contribution in [0.15, 0.2) is 64.9 Å². The molecule has 1 aromatic carbocycles. The highest BCUT2D eigenvalue weighted by molar-refractivity contribution is 7.99. The molecule has 0 spiro atoms. The number of carbonyl (C=O) groups is 1. The Labute approximate surface area is 167 Å². The number of amides is 1. The smallest absolute Gasteiger partial charge is 0.234 e. The minimum absolute atomic E-state index is 0.0708. The third-order valence-corrected chi connectivity index (χ3v) is 5.49. The fourth-order valence-electron chi connectivity index (χ4n) is 2.37. The molecule has 5 nitrogen and oxygen atoms in total. The number of nitrogens with one attached hydrogen (secondary N) is 1. The number of aromatic nitrogens is 3. The average Bonchev–Trinajstić information content (AvgIpc) is 2.66. The van der Waals surface area contributed by atoms with Crippen molar-refractivity contribution >= 4 is 35.1 Å². The standard InChI is InChI=1S/C20H20N4OS2/c1-14-10-15(2)23-20(22-14)27-13-19(25)24-17-5-7-18(8-6-17)26-12-16-4-3-9-21-11-16/h3-11H,12-13H2,1-2H3,(H,24,25). The Morgan fingerprint density at radius 3 is 2.44 bits per heavy atom. The SMILES string of the molecule is Cc1cc(C)nc(SCC(=O)Nc2ccc(SCc3cccnc3)cc2)n1. The molecule has 1 N–H and O–H groups in total. The van der Waals surface area contributed by atoms with E-state index in [2.05, 4.69) is 26.3 Å². The number of thioether (sulfide) groups is 2. The topological polar surface area (TPSA) is 67.8 Å². The zero-order valence-corrected chi connectivity index (χ0v) is 16.8. The number of rotatable bonds is 7. The van der Waals surface area contributed by atoms with Crippen molar-refractivity contribution in [2.75, 3.05) is 11.1 Å². The van der Waals surface area contributed by atoms with Gasteiger partial charge in [-0.3, -0.25) is 9.78 Å². The maximum atomic E-state index is 12.2. The molecular formula is C20H20N4OS2. The number of benzene rings is 1. The second-order valence-electron chi connectivity index (χ2n) is 5.94. The summed E-state index contributed by atoms with van der Waals surface area (Å²) in [6, 6.07) is 13.8. The molecule has 0 bridgehead atoms. The van der Waals surface area contributed by atoms with Crippen molar-refractivity contribution in [1.29, 1.82) is 0 Å². The van der Waals surface area contributed by atoms with Crippen molar-refractivity contribution in [3.63, 3.8) is 0 Å². The van der Waals surface area contributed by atoms with Gasteiger partial charge in [0.1, 0.15) is 0 Å². The lowest BCUT2D eigenvalue weighted by Gasteiger charge is -2.07. The minimum Gasteiger partial charge on any atom is -0.325 e. The molecule has 0 fully saturated rings. The molecule has 0 radical (unpaired) electrons. The van der Waals surface area contributed by atoms with Crippen LogP contribution in [0.3, 0.4) is 0 Å². The predicted octanol–water partition coefficient (Wildman–Crippen LogP) is 4.51. The fraction of sp³-hybridized carbons (Fsp3) is 0.200. The molecule has 0 unspecified atom stereocenters. The Kier molecular flexibility index (Phi) is 6.84.